The lowest BCUT2D eigenvalue weighted by Gasteiger charge is -2.20. The van der Waals surface area contributed by atoms with Crippen LogP contribution < -0.4 is 10.0 Å². The first kappa shape index (κ1) is 21.8. The first-order valence-corrected chi connectivity index (χ1v) is 11.3. The standard InChI is InChI=1S/C18H25BrN2O5S/c19-14-7-6-10-16(11-14)27(24,25)20-12-18(23)26-13-17(22)21-15-8-4-2-1-3-5-9-15/h6-7,10-11,15,20H,1-5,8-9,12-13H2,(H,21,22). The van der Waals surface area contributed by atoms with Crippen LogP contribution >= 0.6 is 15.9 Å². The molecule has 1 aliphatic rings. The lowest BCUT2D eigenvalue weighted by Crippen LogP contribution is -2.39. The average molecular weight is 461 g/mol. The number of rotatable bonds is 7. The Morgan fingerprint density at radius 2 is 1.78 bits per heavy atom. The highest BCUT2D eigenvalue weighted by Gasteiger charge is 2.18. The van der Waals surface area contributed by atoms with E-state index in [1.807, 2.05) is 0 Å². The number of hydrogen-bond donors (Lipinski definition) is 2. The normalized spacial score (nSPS) is 16.2. The molecule has 0 aromatic heterocycles. The number of benzene rings is 1. The van der Waals surface area contributed by atoms with Crippen LogP contribution in [0, 0.1) is 0 Å². The summed E-state index contributed by atoms with van der Waals surface area (Å²) in [6.07, 6.45) is 7.65. The van der Waals surface area contributed by atoms with Gasteiger partial charge in [0.25, 0.3) is 5.91 Å². The Morgan fingerprint density at radius 1 is 1.11 bits per heavy atom. The maximum absolute atomic E-state index is 12.1. The summed E-state index contributed by atoms with van der Waals surface area (Å²) in [7, 11) is -3.83. The van der Waals surface area contributed by atoms with Crippen LogP contribution in [0.25, 0.3) is 0 Å². The molecule has 1 saturated carbocycles. The Hall–Kier alpha value is -1.45. The highest BCUT2D eigenvalue weighted by atomic mass is 79.9. The van der Waals surface area contributed by atoms with Gasteiger partial charge in [0.05, 0.1) is 4.90 Å². The summed E-state index contributed by atoms with van der Waals surface area (Å²) in [5.41, 5.74) is 0. The third kappa shape index (κ3) is 7.98. The molecule has 2 rings (SSSR count). The van der Waals surface area contributed by atoms with Gasteiger partial charge < -0.3 is 10.1 Å². The van der Waals surface area contributed by atoms with Crippen molar-refractivity contribution in [2.75, 3.05) is 13.2 Å². The van der Waals surface area contributed by atoms with Gasteiger partial charge in [-0.25, -0.2) is 8.42 Å². The van der Waals surface area contributed by atoms with Crippen LogP contribution in [-0.4, -0.2) is 39.5 Å². The van der Waals surface area contributed by atoms with Crippen LogP contribution in [0.15, 0.2) is 33.6 Å². The van der Waals surface area contributed by atoms with Gasteiger partial charge in [0.1, 0.15) is 6.54 Å². The number of carbonyl (C=O) groups excluding carboxylic acids is 2. The van der Waals surface area contributed by atoms with Crippen LogP contribution in [0.4, 0.5) is 0 Å². The van der Waals surface area contributed by atoms with E-state index in [4.69, 9.17) is 4.74 Å². The number of halogens is 1. The molecule has 150 valence electrons. The molecule has 1 amide bonds. The molecule has 0 unspecified atom stereocenters. The summed E-state index contributed by atoms with van der Waals surface area (Å²) in [6, 6.07) is 6.24. The van der Waals surface area contributed by atoms with E-state index < -0.39 is 29.1 Å². The van der Waals surface area contributed by atoms with E-state index in [0.29, 0.717) is 4.47 Å². The molecule has 0 heterocycles. The van der Waals surface area contributed by atoms with Crippen LogP contribution in [0.5, 0.6) is 0 Å². The van der Waals surface area contributed by atoms with Gasteiger partial charge in [0.2, 0.25) is 10.0 Å². The van der Waals surface area contributed by atoms with Gasteiger partial charge in [0, 0.05) is 10.5 Å². The Bertz CT molecular complexity index is 746. The molecule has 0 bridgehead atoms. The van der Waals surface area contributed by atoms with Crippen molar-refractivity contribution in [3.8, 4) is 0 Å². The van der Waals surface area contributed by atoms with Crippen LogP contribution in [0.1, 0.15) is 44.9 Å². The molecular weight excluding hydrogens is 436 g/mol. The number of sulfonamides is 1. The first-order valence-electron chi connectivity index (χ1n) is 9.07. The minimum Gasteiger partial charge on any atom is -0.455 e. The molecular formula is C18H25BrN2O5S. The third-order valence-electron chi connectivity index (χ3n) is 4.35. The lowest BCUT2D eigenvalue weighted by molar-refractivity contribution is -0.147. The molecule has 0 atom stereocenters. The second-order valence-electron chi connectivity index (χ2n) is 6.55. The van der Waals surface area contributed by atoms with Crippen molar-refractivity contribution >= 4 is 37.8 Å². The second kappa shape index (κ2) is 10.8. The van der Waals surface area contributed by atoms with Crippen molar-refractivity contribution in [1.82, 2.24) is 10.0 Å². The molecule has 27 heavy (non-hydrogen) atoms. The van der Waals surface area contributed by atoms with Crippen molar-refractivity contribution in [2.45, 2.75) is 55.9 Å². The fraction of sp³-hybridized carbons (Fsp3) is 0.556. The van der Waals surface area contributed by atoms with Crippen molar-refractivity contribution < 1.29 is 22.7 Å². The number of nitrogens with one attached hydrogen (secondary N) is 2. The SMILES string of the molecule is O=C(COC(=O)CNS(=O)(=O)c1cccc(Br)c1)NC1CCCCCCC1. The van der Waals surface area contributed by atoms with Gasteiger partial charge >= 0.3 is 5.97 Å². The molecule has 2 N–H and O–H groups in total. The van der Waals surface area contributed by atoms with Crippen molar-refractivity contribution in [2.24, 2.45) is 0 Å². The number of ether oxygens (including phenoxy) is 1. The Labute approximate surface area is 168 Å². The monoisotopic (exact) mass is 460 g/mol. The summed E-state index contributed by atoms with van der Waals surface area (Å²) in [6.45, 7) is -0.945. The number of hydrogen-bond acceptors (Lipinski definition) is 5. The number of esters is 1. The number of carbonyl (C=O) groups is 2. The van der Waals surface area contributed by atoms with Crippen molar-refractivity contribution in [3.05, 3.63) is 28.7 Å². The van der Waals surface area contributed by atoms with Crippen LogP contribution in [0.2, 0.25) is 0 Å². The average Bonchev–Trinajstić information content (AvgIpc) is 2.60. The molecule has 1 aromatic carbocycles. The summed E-state index contributed by atoms with van der Waals surface area (Å²) in [5, 5.41) is 2.89. The fourth-order valence-electron chi connectivity index (χ4n) is 2.94. The highest BCUT2D eigenvalue weighted by molar-refractivity contribution is 9.10. The van der Waals surface area contributed by atoms with E-state index in [2.05, 4.69) is 26.0 Å². The van der Waals surface area contributed by atoms with E-state index >= 15 is 0 Å². The van der Waals surface area contributed by atoms with E-state index in [-0.39, 0.29) is 16.8 Å². The zero-order valence-electron chi connectivity index (χ0n) is 15.1. The molecule has 1 aromatic rings. The molecule has 1 fully saturated rings. The smallest absolute Gasteiger partial charge is 0.321 e. The number of amides is 1. The topological polar surface area (TPSA) is 102 Å². The fourth-order valence-corrected chi connectivity index (χ4v) is 4.50. The Balaban J connectivity index is 1.72. The molecule has 9 heteroatoms. The third-order valence-corrected chi connectivity index (χ3v) is 6.24. The van der Waals surface area contributed by atoms with Gasteiger partial charge in [-0.3, -0.25) is 9.59 Å². The molecule has 0 radical (unpaired) electrons. The molecule has 7 nitrogen and oxygen atoms in total. The maximum Gasteiger partial charge on any atom is 0.321 e. The first-order chi connectivity index (χ1) is 12.9. The Morgan fingerprint density at radius 3 is 2.44 bits per heavy atom. The van der Waals surface area contributed by atoms with E-state index in [1.54, 1.807) is 12.1 Å². The summed E-state index contributed by atoms with van der Waals surface area (Å²) < 4.78 is 31.9. The summed E-state index contributed by atoms with van der Waals surface area (Å²) in [4.78, 5) is 23.7. The zero-order valence-corrected chi connectivity index (χ0v) is 17.5. The quantitative estimate of drug-likeness (QED) is 0.608. The van der Waals surface area contributed by atoms with Gasteiger partial charge in [-0.2, -0.15) is 4.72 Å². The van der Waals surface area contributed by atoms with Crippen molar-refractivity contribution in [1.29, 1.82) is 0 Å². The van der Waals surface area contributed by atoms with Gasteiger partial charge in [-0.1, -0.05) is 54.1 Å². The van der Waals surface area contributed by atoms with Crippen LogP contribution in [-0.2, 0) is 24.3 Å². The largest absolute Gasteiger partial charge is 0.455 e. The van der Waals surface area contributed by atoms with E-state index in [9.17, 15) is 18.0 Å². The van der Waals surface area contributed by atoms with E-state index in [1.165, 1.54) is 31.4 Å². The predicted molar refractivity (Wildman–Crippen MR) is 105 cm³/mol. The van der Waals surface area contributed by atoms with Gasteiger partial charge in [0.15, 0.2) is 6.61 Å². The van der Waals surface area contributed by atoms with Gasteiger partial charge in [-0.15, -0.1) is 0 Å². The van der Waals surface area contributed by atoms with Crippen molar-refractivity contribution in [3.63, 3.8) is 0 Å². The zero-order chi connectivity index (χ0) is 19.7. The predicted octanol–water partition coefficient (Wildman–Crippen LogP) is 2.50. The molecule has 0 saturated heterocycles. The van der Waals surface area contributed by atoms with Gasteiger partial charge in [-0.05, 0) is 31.0 Å². The molecule has 0 spiro atoms. The minimum absolute atomic E-state index is 0.0340. The minimum atomic E-state index is -3.83. The highest BCUT2D eigenvalue weighted by Crippen LogP contribution is 2.17. The summed E-state index contributed by atoms with van der Waals surface area (Å²) in [5.74, 6) is -1.16. The second-order valence-corrected chi connectivity index (χ2v) is 9.23. The molecule has 0 aliphatic heterocycles. The summed E-state index contributed by atoms with van der Waals surface area (Å²) >= 11 is 3.20. The maximum atomic E-state index is 12.1. The molecule has 1 aliphatic carbocycles. The van der Waals surface area contributed by atoms with E-state index in [0.717, 1.165) is 25.7 Å². The lowest BCUT2D eigenvalue weighted by atomic mass is 9.97. The van der Waals surface area contributed by atoms with Crippen LogP contribution in [0.3, 0.4) is 0 Å². The Kier molecular flexibility index (Phi) is 8.72.